The van der Waals surface area contributed by atoms with Crippen molar-refractivity contribution in [1.29, 1.82) is 0 Å². The van der Waals surface area contributed by atoms with Gasteiger partial charge >= 0.3 is 11.9 Å². The van der Waals surface area contributed by atoms with E-state index in [1.165, 1.54) is 0 Å². The number of nitrogens with one attached hydrogen (secondary N) is 1. The van der Waals surface area contributed by atoms with Crippen LogP contribution in [0.25, 0.3) is 11.1 Å². The third-order valence-electron chi connectivity index (χ3n) is 4.51. The molecule has 0 fully saturated rings. The minimum atomic E-state index is -1.02. The molecule has 0 aliphatic carbocycles. The van der Waals surface area contributed by atoms with Gasteiger partial charge in [-0.1, -0.05) is 54.6 Å². The van der Waals surface area contributed by atoms with Gasteiger partial charge in [0.25, 0.3) is 0 Å². The van der Waals surface area contributed by atoms with Gasteiger partial charge in [0.2, 0.25) is 5.91 Å². The second-order valence-corrected chi connectivity index (χ2v) is 6.76. The summed E-state index contributed by atoms with van der Waals surface area (Å²) in [6.45, 7) is 0.326. The Morgan fingerprint density at radius 3 is 2.00 bits per heavy atom. The topological polar surface area (TPSA) is 104 Å². The Bertz CT molecular complexity index is 786. The summed E-state index contributed by atoms with van der Waals surface area (Å²) in [4.78, 5) is 33.2. The second-order valence-electron chi connectivity index (χ2n) is 6.76. The van der Waals surface area contributed by atoms with Crippen LogP contribution in [0.4, 0.5) is 0 Å². The minimum Gasteiger partial charge on any atom is -0.481 e. The predicted octanol–water partition coefficient (Wildman–Crippen LogP) is 3.36. The van der Waals surface area contributed by atoms with E-state index < -0.39 is 11.9 Å². The Labute approximate surface area is 164 Å². The van der Waals surface area contributed by atoms with Crippen molar-refractivity contribution in [2.75, 3.05) is 6.54 Å². The number of hydrogen-bond donors (Lipinski definition) is 3. The number of hydrogen-bond acceptors (Lipinski definition) is 3. The molecule has 3 N–H and O–H groups in total. The van der Waals surface area contributed by atoms with Gasteiger partial charge in [-0.15, -0.1) is 0 Å². The molecule has 0 bridgehead atoms. The predicted molar refractivity (Wildman–Crippen MR) is 106 cm³/mol. The second kappa shape index (κ2) is 10.9. The number of carbonyl (C=O) groups is 3. The first-order valence-electron chi connectivity index (χ1n) is 9.28. The fraction of sp³-hybridized carbons (Fsp3) is 0.318. The lowest BCUT2D eigenvalue weighted by Gasteiger charge is -2.17. The molecule has 0 heterocycles. The van der Waals surface area contributed by atoms with E-state index in [0.29, 0.717) is 19.4 Å². The number of rotatable bonds is 11. The first-order chi connectivity index (χ1) is 13.4. The smallest absolute Gasteiger partial charge is 0.303 e. The molecule has 0 saturated carbocycles. The van der Waals surface area contributed by atoms with Crippen LogP contribution >= 0.6 is 0 Å². The van der Waals surface area contributed by atoms with Crippen LogP contribution in [0, 0.1) is 5.92 Å². The summed E-state index contributed by atoms with van der Waals surface area (Å²) in [6.07, 6.45) is 0.813. The standard InChI is InChI=1S/C22H25NO5/c24-20(11-13-22(27)28)23-15-17(8-12-21(25)26)14-16-6-9-19(10-7-16)18-4-2-1-3-5-18/h1-7,9-10,17H,8,11-15H2,(H,23,24)(H,25,26)(H,27,28)/t17-/m1/s1. The highest BCUT2D eigenvalue weighted by molar-refractivity contribution is 5.80. The lowest BCUT2D eigenvalue weighted by molar-refractivity contribution is -0.139. The molecule has 0 aliphatic rings. The highest BCUT2D eigenvalue weighted by Crippen LogP contribution is 2.21. The van der Waals surface area contributed by atoms with Crippen molar-refractivity contribution >= 4 is 17.8 Å². The molecule has 1 atom stereocenters. The van der Waals surface area contributed by atoms with Crippen molar-refractivity contribution in [3.63, 3.8) is 0 Å². The third-order valence-corrected chi connectivity index (χ3v) is 4.51. The van der Waals surface area contributed by atoms with Gasteiger partial charge in [0.15, 0.2) is 0 Å². The maximum Gasteiger partial charge on any atom is 0.303 e. The lowest BCUT2D eigenvalue weighted by atomic mass is 9.93. The van der Waals surface area contributed by atoms with Crippen molar-refractivity contribution in [3.05, 3.63) is 60.2 Å². The molecule has 28 heavy (non-hydrogen) atoms. The molecule has 0 saturated heterocycles. The molecule has 6 heteroatoms. The van der Waals surface area contributed by atoms with Crippen LogP contribution in [0.15, 0.2) is 54.6 Å². The van der Waals surface area contributed by atoms with Gasteiger partial charge in [-0.25, -0.2) is 0 Å². The van der Waals surface area contributed by atoms with Crippen LogP contribution in [0.2, 0.25) is 0 Å². The van der Waals surface area contributed by atoms with Crippen LogP contribution in [-0.4, -0.2) is 34.6 Å². The third kappa shape index (κ3) is 7.61. The number of carbonyl (C=O) groups excluding carboxylic acids is 1. The quantitative estimate of drug-likeness (QED) is 0.552. The summed E-state index contributed by atoms with van der Waals surface area (Å²) >= 11 is 0. The van der Waals surface area contributed by atoms with E-state index in [0.717, 1.165) is 16.7 Å². The van der Waals surface area contributed by atoms with Gasteiger partial charge in [0.05, 0.1) is 6.42 Å². The van der Waals surface area contributed by atoms with E-state index in [1.54, 1.807) is 0 Å². The van der Waals surface area contributed by atoms with E-state index in [1.807, 2.05) is 54.6 Å². The van der Waals surface area contributed by atoms with E-state index in [-0.39, 0.29) is 31.1 Å². The first kappa shape index (κ1) is 21.2. The van der Waals surface area contributed by atoms with Gasteiger partial charge in [-0.05, 0) is 35.4 Å². The Hall–Kier alpha value is -3.15. The number of amides is 1. The highest BCUT2D eigenvalue weighted by atomic mass is 16.4. The van der Waals surface area contributed by atoms with Gasteiger partial charge in [-0.2, -0.15) is 0 Å². The largest absolute Gasteiger partial charge is 0.481 e. The molecule has 0 radical (unpaired) electrons. The first-order valence-corrected chi connectivity index (χ1v) is 9.28. The van der Waals surface area contributed by atoms with E-state index in [9.17, 15) is 14.4 Å². The zero-order valence-electron chi connectivity index (χ0n) is 15.6. The molecule has 148 valence electrons. The molecule has 2 aromatic carbocycles. The molecule has 6 nitrogen and oxygen atoms in total. The monoisotopic (exact) mass is 383 g/mol. The number of carboxylic acids is 2. The van der Waals surface area contributed by atoms with E-state index in [2.05, 4.69) is 5.32 Å². The maximum atomic E-state index is 11.8. The lowest BCUT2D eigenvalue weighted by Crippen LogP contribution is -2.30. The van der Waals surface area contributed by atoms with Crippen molar-refractivity contribution in [2.45, 2.75) is 32.1 Å². The molecule has 0 spiro atoms. The highest BCUT2D eigenvalue weighted by Gasteiger charge is 2.14. The number of carboxylic acid groups (broad SMARTS) is 2. The van der Waals surface area contributed by atoms with E-state index >= 15 is 0 Å². The van der Waals surface area contributed by atoms with Crippen LogP contribution in [0.1, 0.15) is 31.2 Å². The molecule has 2 rings (SSSR count). The summed E-state index contributed by atoms with van der Waals surface area (Å²) in [5.41, 5.74) is 3.30. The van der Waals surface area contributed by atoms with E-state index in [4.69, 9.17) is 10.2 Å². The molecule has 0 unspecified atom stereocenters. The molecule has 0 aromatic heterocycles. The van der Waals surface area contributed by atoms with Gasteiger partial charge in [-0.3, -0.25) is 14.4 Å². The maximum absolute atomic E-state index is 11.8. The molecular weight excluding hydrogens is 358 g/mol. The van der Waals surface area contributed by atoms with Gasteiger partial charge in [0.1, 0.15) is 0 Å². The summed E-state index contributed by atoms with van der Waals surface area (Å²) in [5.74, 6) is -2.26. The Morgan fingerprint density at radius 2 is 1.39 bits per heavy atom. The Balaban J connectivity index is 1.96. The van der Waals surface area contributed by atoms with Crippen LogP contribution in [0.3, 0.4) is 0 Å². The summed E-state index contributed by atoms with van der Waals surface area (Å²) in [5, 5.41) is 20.3. The molecule has 2 aromatic rings. The van der Waals surface area contributed by atoms with Crippen LogP contribution in [-0.2, 0) is 20.8 Å². The SMILES string of the molecule is O=C(O)CCC(=O)NC[C@H](CCC(=O)O)Cc1ccc(-c2ccccc2)cc1. The van der Waals surface area contributed by atoms with Crippen molar-refractivity contribution in [3.8, 4) is 11.1 Å². The number of benzene rings is 2. The van der Waals surface area contributed by atoms with Gasteiger partial charge in [0, 0.05) is 19.4 Å². The zero-order chi connectivity index (χ0) is 20.4. The minimum absolute atomic E-state index is 0.0256. The number of aliphatic carboxylic acids is 2. The molecule has 0 aliphatic heterocycles. The van der Waals surface area contributed by atoms with Crippen LogP contribution in [0.5, 0.6) is 0 Å². The average molecular weight is 383 g/mol. The molecular formula is C22H25NO5. The zero-order valence-corrected chi connectivity index (χ0v) is 15.6. The van der Waals surface area contributed by atoms with Crippen molar-refractivity contribution < 1.29 is 24.6 Å². The molecule has 1 amide bonds. The normalized spacial score (nSPS) is 11.6. The summed E-state index contributed by atoms with van der Waals surface area (Å²) in [7, 11) is 0. The summed E-state index contributed by atoms with van der Waals surface area (Å²) < 4.78 is 0. The Kier molecular flexibility index (Phi) is 8.21. The van der Waals surface area contributed by atoms with Gasteiger partial charge < -0.3 is 15.5 Å². The average Bonchev–Trinajstić information content (AvgIpc) is 2.69. The van der Waals surface area contributed by atoms with Crippen LogP contribution < -0.4 is 5.32 Å². The fourth-order valence-corrected chi connectivity index (χ4v) is 2.97. The van der Waals surface area contributed by atoms with Crippen molar-refractivity contribution in [2.24, 2.45) is 5.92 Å². The van der Waals surface area contributed by atoms with Crippen molar-refractivity contribution in [1.82, 2.24) is 5.32 Å². The fourth-order valence-electron chi connectivity index (χ4n) is 2.97. The Morgan fingerprint density at radius 1 is 0.786 bits per heavy atom. The summed E-state index contributed by atoms with van der Waals surface area (Å²) in [6, 6.07) is 18.1.